The fourth-order valence-electron chi connectivity index (χ4n) is 2.15. The highest BCUT2D eigenvalue weighted by Gasteiger charge is 2.31. The predicted octanol–water partition coefficient (Wildman–Crippen LogP) is -0.664. The third kappa shape index (κ3) is 7.97. The molecule has 0 aromatic rings. The molecule has 25 heavy (non-hydrogen) atoms. The quantitative estimate of drug-likeness (QED) is 0.329. The molecule has 4 atom stereocenters. The number of hydrogen-bond acceptors (Lipinski definition) is 5. The van der Waals surface area contributed by atoms with Crippen LogP contribution in [0.25, 0.3) is 0 Å². The topological polar surface area (TPSA) is 165 Å². The molecule has 9 heteroatoms. The molecule has 0 aliphatic heterocycles. The minimum atomic E-state index is -1.13. The zero-order chi connectivity index (χ0) is 19.7. The van der Waals surface area contributed by atoms with Crippen molar-refractivity contribution in [3.05, 3.63) is 0 Å². The molecule has 0 radical (unpaired) electrons. The second-order valence-corrected chi connectivity index (χ2v) is 6.55. The molecule has 3 amide bonds. The molecule has 0 rings (SSSR count). The third-order valence-corrected chi connectivity index (χ3v) is 4.06. The van der Waals surface area contributed by atoms with E-state index in [-0.39, 0.29) is 24.7 Å². The fraction of sp³-hybridized carbons (Fsp3) is 0.750. The first-order chi connectivity index (χ1) is 11.5. The van der Waals surface area contributed by atoms with Crippen LogP contribution >= 0.6 is 0 Å². The van der Waals surface area contributed by atoms with Crippen molar-refractivity contribution in [2.45, 2.75) is 65.1 Å². The number of hydrogen-bond donors (Lipinski definition) is 5. The zero-order valence-electron chi connectivity index (χ0n) is 15.2. The summed E-state index contributed by atoms with van der Waals surface area (Å²) in [5.74, 6) is -3.42. The molecule has 0 saturated carbocycles. The van der Waals surface area contributed by atoms with Gasteiger partial charge in [0.1, 0.15) is 12.1 Å². The number of primary amides is 1. The van der Waals surface area contributed by atoms with Crippen LogP contribution in [0.2, 0.25) is 0 Å². The monoisotopic (exact) mass is 358 g/mol. The van der Waals surface area contributed by atoms with Gasteiger partial charge in [0.15, 0.2) is 0 Å². The number of carbonyl (C=O) groups is 4. The van der Waals surface area contributed by atoms with Crippen LogP contribution in [0.15, 0.2) is 0 Å². The van der Waals surface area contributed by atoms with E-state index in [2.05, 4.69) is 10.6 Å². The zero-order valence-corrected chi connectivity index (χ0v) is 15.2. The Hall–Kier alpha value is -2.16. The van der Waals surface area contributed by atoms with Crippen molar-refractivity contribution in [3.63, 3.8) is 0 Å². The Morgan fingerprint density at radius 3 is 1.92 bits per heavy atom. The Morgan fingerprint density at radius 2 is 1.52 bits per heavy atom. The van der Waals surface area contributed by atoms with Crippen molar-refractivity contribution in [1.29, 1.82) is 0 Å². The lowest BCUT2D eigenvalue weighted by molar-refractivity contribution is -0.144. The Morgan fingerprint density at radius 1 is 1.00 bits per heavy atom. The van der Waals surface area contributed by atoms with Gasteiger partial charge in [-0.05, 0) is 18.3 Å². The Kier molecular flexibility index (Phi) is 9.73. The van der Waals surface area contributed by atoms with Gasteiger partial charge < -0.3 is 27.2 Å². The van der Waals surface area contributed by atoms with Gasteiger partial charge in [-0.3, -0.25) is 14.4 Å². The maximum absolute atomic E-state index is 12.4. The van der Waals surface area contributed by atoms with E-state index in [0.717, 1.165) is 0 Å². The first kappa shape index (κ1) is 22.8. The van der Waals surface area contributed by atoms with Gasteiger partial charge in [0.25, 0.3) is 0 Å². The number of carboxylic acid groups (broad SMARTS) is 1. The summed E-state index contributed by atoms with van der Waals surface area (Å²) in [7, 11) is 0. The van der Waals surface area contributed by atoms with E-state index in [1.807, 2.05) is 6.92 Å². The molecule has 0 aliphatic carbocycles. The molecule has 0 bridgehead atoms. The second-order valence-electron chi connectivity index (χ2n) is 6.55. The minimum Gasteiger partial charge on any atom is -0.480 e. The number of carboxylic acids is 1. The summed E-state index contributed by atoms with van der Waals surface area (Å²) in [6, 6.07) is -2.95. The standard InChI is InChI=1S/C16H30N4O5/c1-5-9(4)13(16(24)25)20-15(23)12(8(2)3)19-14(22)10(17)6-7-11(18)21/h8-10,12-13H,5-7,17H2,1-4H3,(H2,18,21)(H,19,22)(H,20,23)(H,24,25)/t9-,10-,12-,13-/m0/s1. The summed E-state index contributed by atoms with van der Waals surface area (Å²) >= 11 is 0. The van der Waals surface area contributed by atoms with Gasteiger partial charge in [0, 0.05) is 6.42 Å². The van der Waals surface area contributed by atoms with Crippen molar-refractivity contribution >= 4 is 23.7 Å². The summed E-state index contributed by atoms with van der Waals surface area (Å²) in [6.45, 7) is 6.99. The van der Waals surface area contributed by atoms with Gasteiger partial charge in [-0.1, -0.05) is 34.1 Å². The molecular formula is C16H30N4O5. The van der Waals surface area contributed by atoms with Gasteiger partial charge in [-0.25, -0.2) is 4.79 Å². The Labute approximate surface area is 147 Å². The Bertz CT molecular complexity index is 495. The molecule has 7 N–H and O–H groups in total. The molecular weight excluding hydrogens is 328 g/mol. The van der Waals surface area contributed by atoms with E-state index in [9.17, 15) is 24.3 Å². The molecule has 0 aliphatic rings. The van der Waals surface area contributed by atoms with Crippen LogP contribution in [-0.4, -0.2) is 46.9 Å². The molecule has 144 valence electrons. The number of nitrogens with one attached hydrogen (secondary N) is 2. The van der Waals surface area contributed by atoms with Gasteiger partial charge in [0.2, 0.25) is 17.7 Å². The lowest BCUT2D eigenvalue weighted by atomic mass is 9.97. The average molecular weight is 358 g/mol. The van der Waals surface area contributed by atoms with Gasteiger partial charge >= 0.3 is 5.97 Å². The van der Waals surface area contributed by atoms with Crippen molar-refractivity contribution in [2.24, 2.45) is 23.3 Å². The van der Waals surface area contributed by atoms with E-state index in [1.165, 1.54) is 0 Å². The number of nitrogens with two attached hydrogens (primary N) is 2. The first-order valence-electron chi connectivity index (χ1n) is 8.38. The third-order valence-electron chi connectivity index (χ3n) is 4.06. The van der Waals surface area contributed by atoms with Crippen molar-refractivity contribution in [2.75, 3.05) is 0 Å². The summed E-state index contributed by atoms with van der Waals surface area (Å²) in [5.41, 5.74) is 10.7. The highest BCUT2D eigenvalue weighted by atomic mass is 16.4. The van der Waals surface area contributed by atoms with Crippen LogP contribution in [0.4, 0.5) is 0 Å². The number of amides is 3. The van der Waals surface area contributed by atoms with Crippen LogP contribution in [-0.2, 0) is 19.2 Å². The number of rotatable bonds is 11. The maximum atomic E-state index is 12.4. The smallest absolute Gasteiger partial charge is 0.326 e. The van der Waals surface area contributed by atoms with Gasteiger partial charge in [-0.2, -0.15) is 0 Å². The van der Waals surface area contributed by atoms with E-state index in [1.54, 1.807) is 20.8 Å². The van der Waals surface area contributed by atoms with Crippen LogP contribution in [0.3, 0.4) is 0 Å². The van der Waals surface area contributed by atoms with Crippen LogP contribution in [0.5, 0.6) is 0 Å². The number of carbonyl (C=O) groups excluding carboxylic acids is 3. The molecule has 0 aromatic heterocycles. The highest BCUT2D eigenvalue weighted by Crippen LogP contribution is 2.10. The molecule has 0 spiro atoms. The normalized spacial score (nSPS) is 15.8. The lowest BCUT2D eigenvalue weighted by Gasteiger charge is -2.27. The van der Waals surface area contributed by atoms with Gasteiger partial charge in [-0.15, -0.1) is 0 Å². The summed E-state index contributed by atoms with van der Waals surface area (Å²) in [5, 5.41) is 14.3. The second kappa shape index (κ2) is 10.7. The summed E-state index contributed by atoms with van der Waals surface area (Å²) < 4.78 is 0. The van der Waals surface area contributed by atoms with Crippen molar-refractivity contribution in [1.82, 2.24) is 10.6 Å². The minimum absolute atomic E-state index is 0.0395. The Balaban J connectivity index is 4.97. The fourth-order valence-corrected chi connectivity index (χ4v) is 2.15. The van der Waals surface area contributed by atoms with Crippen LogP contribution in [0.1, 0.15) is 47.0 Å². The average Bonchev–Trinajstić information content (AvgIpc) is 2.53. The SMILES string of the molecule is CC[C@H](C)[C@H](NC(=O)[C@@H](NC(=O)[C@@H](N)CCC(N)=O)C(C)C)C(=O)O. The van der Waals surface area contributed by atoms with Gasteiger partial charge in [0.05, 0.1) is 6.04 Å². The molecule has 0 fully saturated rings. The lowest BCUT2D eigenvalue weighted by Crippen LogP contribution is -2.57. The molecule has 0 saturated heterocycles. The molecule has 0 aromatic carbocycles. The maximum Gasteiger partial charge on any atom is 0.326 e. The molecule has 9 nitrogen and oxygen atoms in total. The predicted molar refractivity (Wildman–Crippen MR) is 92.2 cm³/mol. The van der Waals surface area contributed by atoms with Crippen molar-refractivity contribution < 1.29 is 24.3 Å². The largest absolute Gasteiger partial charge is 0.480 e. The van der Waals surface area contributed by atoms with Crippen LogP contribution in [0, 0.1) is 11.8 Å². The first-order valence-corrected chi connectivity index (χ1v) is 8.38. The van der Waals surface area contributed by atoms with E-state index in [0.29, 0.717) is 6.42 Å². The number of aliphatic carboxylic acids is 1. The van der Waals surface area contributed by atoms with E-state index < -0.39 is 41.8 Å². The van der Waals surface area contributed by atoms with Crippen molar-refractivity contribution in [3.8, 4) is 0 Å². The summed E-state index contributed by atoms with van der Waals surface area (Å²) in [6.07, 6.45) is 0.606. The molecule has 0 heterocycles. The van der Waals surface area contributed by atoms with E-state index in [4.69, 9.17) is 11.5 Å². The molecule has 0 unspecified atom stereocenters. The van der Waals surface area contributed by atoms with Crippen LogP contribution < -0.4 is 22.1 Å². The van der Waals surface area contributed by atoms with E-state index >= 15 is 0 Å². The summed E-state index contributed by atoms with van der Waals surface area (Å²) in [4.78, 5) is 46.6. The highest BCUT2D eigenvalue weighted by molar-refractivity contribution is 5.92.